The number of thiocarbonyl (C=S) groups is 1. The van der Waals surface area contributed by atoms with Crippen molar-refractivity contribution in [3.8, 4) is 0 Å². The van der Waals surface area contributed by atoms with Crippen LogP contribution in [0.2, 0.25) is 0 Å². The smallest absolute Gasteiger partial charge is 0.185 e. The van der Waals surface area contributed by atoms with E-state index in [1.54, 1.807) is 0 Å². The van der Waals surface area contributed by atoms with E-state index in [0.717, 1.165) is 23.2 Å². The summed E-state index contributed by atoms with van der Waals surface area (Å²) in [5.74, 6) is 1.17. The van der Waals surface area contributed by atoms with E-state index in [1.165, 1.54) is 0 Å². The Kier molecular flexibility index (Phi) is 4.44. The first kappa shape index (κ1) is 14.6. The summed E-state index contributed by atoms with van der Waals surface area (Å²) in [6.07, 6.45) is 0. The Labute approximate surface area is 124 Å². The van der Waals surface area contributed by atoms with Crippen LogP contribution in [0.4, 0.5) is 11.5 Å². The van der Waals surface area contributed by atoms with Crippen LogP contribution >= 0.6 is 12.2 Å². The minimum Gasteiger partial charge on any atom is -0.377 e. The minimum atomic E-state index is 0.529. The molecule has 2 rings (SSSR count). The molecular formula is C14H20N4OS. The fraction of sp³-hybridized carbons (Fsp3) is 0.429. The Morgan fingerprint density at radius 2 is 2.15 bits per heavy atom. The summed E-state index contributed by atoms with van der Waals surface area (Å²) >= 11 is 5.27. The topological polar surface area (TPSA) is 53.3 Å². The van der Waals surface area contributed by atoms with Crippen molar-refractivity contribution in [3.05, 3.63) is 18.2 Å². The van der Waals surface area contributed by atoms with E-state index in [-0.39, 0.29) is 0 Å². The highest BCUT2D eigenvalue weighted by Gasteiger charge is 2.14. The van der Waals surface area contributed by atoms with E-state index in [0.29, 0.717) is 16.8 Å². The third kappa shape index (κ3) is 3.19. The predicted molar refractivity (Wildman–Crippen MR) is 87.4 cm³/mol. The molecule has 20 heavy (non-hydrogen) atoms. The van der Waals surface area contributed by atoms with Crippen molar-refractivity contribution in [1.29, 1.82) is 0 Å². The van der Waals surface area contributed by atoms with Gasteiger partial charge in [-0.05, 0) is 30.3 Å². The molecule has 0 bridgehead atoms. The lowest BCUT2D eigenvalue weighted by molar-refractivity contribution is 0.460. The van der Waals surface area contributed by atoms with Gasteiger partial charge in [-0.25, -0.2) is 0 Å². The van der Waals surface area contributed by atoms with Gasteiger partial charge in [-0.2, -0.15) is 0 Å². The van der Waals surface area contributed by atoms with Gasteiger partial charge in [-0.3, -0.25) is 0 Å². The van der Waals surface area contributed by atoms with Gasteiger partial charge in [0.25, 0.3) is 0 Å². The molecule has 1 aromatic heterocycles. The summed E-state index contributed by atoms with van der Waals surface area (Å²) in [6.45, 7) is 5.08. The fourth-order valence-corrected chi connectivity index (χ4v) is 2.06. The molecule has 0 unspecified atom stereocenters. The predicted octanol–water partition coefficient (Wildman–Crippen LogP) is 2.84. The molecular weight excluding hydrogens is 272 g/mol. The van der Waals surface area contributed by atoms with Gasteiger partial charge < -0.3 is 20.1 Å². The maximum Gasteiger partial charge on any atom is 0.185 e. The molecule has 2 N–H and O–H groups in total. The van der Waals surface area contributed by atoms with Crippen molar-refractivity contribution >= 4 is 39.8 Å². The third-order valence-corrected chi connectivity index (χ3v) is 3.11. The molecule has 0 aliphatic rings. The molecule has 5 nitrogen and oxygen atoms in total. The zero-order chi connectivity index (χ0) is 14.7. The lowest BCUT2D eigenvalue weighted by Gasteiger charge is -2.14. The molecule has 108 valence electrons. The number of aromatic nitrogens is 1. The first-order chi connectivity index (χ1) is 9.49. The second-order valence-electron chi connectivity index (χ2n) is 5.30. The van der Waals surface area contributed by atoms with Crippen LogP contribution in [0.3, 0.4) is 0 Å². The number of nitrogens with one attached hydrogen (secondary N) is 2. The van der Waals surface area contributed by atoms with Gasteiger partial charge in [-0.1, -0.05) is 25.1 Å². The Hall–Kier alpha value is -1.82. The lowest BCUT2D eigenvalue weighted by atomic mass is 10.2. The molecule has 1 aromatic carbocycles. The second kappa shape index (κ2) is 6.09. The summed E-state index contributed by atoms with van der Waals surface area (Å²) < 4.78 is 5.34. The van der Waals surface area contributed by atoms with Crippen LogP contribution in [0, 0.1) is 5.92 Å². The highest BCUT2D eigenvalue weighted by molar-refractivity contribution is 7.80. The van der Waals surface area contributed by atoms with Gasteiger partial charge in [0.1, 0.15) is 0 Å². The number of rotatable bonds is 4. The molecule has 0 atom stereocenters. The van der Waals surface area contributed by atoms with Crippen LogP contribution in [-0.2, 0) is 0 Å². The Morgan fingerprint density at radius 1 is 1.40 bits per heavy atom. The number of fused-ring (bicyclic) bond motifs is 1. The van der Waals surface area contributed by atoms with Gasteiger partial charge in [0, 0.05) is 20.6 Å². The van der Waals surface area contributed by atoms with Crippen molar-refractivity contribution in [2.45, 2.75) is 13.8 Å². The second-order valence-corrected chi connectivity index (χ2v) is 5.71. The fourth-order valence-electron chi connectivity index (χ4n) is 1.88. The highest BCUT2D eigenvalue weighted by atomic mass is 32.1. The Balaban J connectivity index is 2.24. The molecule has 0 fully saturated rings. The van der Waals surface area contributed by atoms with E-state index in [4.69, 9.17) is 16.7 Å². The molecule has 0 spiro atoms. The summed E-state index contributed by atoms with van der Waals surface area (Å²) in [4.78, 5) is 2.02. The highest BCUT2D eigenvalue weighted by Crippen LogP contribution is 2.31. The van der Waals surface area contributed by atoms with Gasteiger partial charge in [0.2, 0.25) is 0 Å². The molecule has 0 aliphatic carbocycles. The zero-order valence-electron chi connectivity index (χ0n) is 12.2. The summed E-state index contributed by atoms with van der Waals surface area (Å²) in [5, 5.41) is 11.8. The van der Waals surface area contributed by atoms with Crippen LogP contribution in [0.15, 0.2) is 22.7 Å². The first-order valence-corrected chi connectivity index (χ1v) is 7.00. The van der Waals surface area contributed by atoms with E-state index in [1.807, 2.05) is 37.2 Å². The van der Waals surface area contributed by atoms with Gasteiger partial charge in [0.15, 0.2) is 16.5 Å². The van der Waals surface area contributed by atoms with Gasteiger partial charge in [0.05, 0.1) is 11.1 Å². The molecule has 0 amide bonds. The number of hydrogen-bond donors (Lipinski definition) is 2. The van der Waals surface area contributed by atoms with Crippen LogP contribution in [-0.4, -0.2) is 30.9 Å². The maximum atomic E-state index is 5.34. The lowest BCUT2D eigenvalue weighted by Crippen LogP contribution is -2.31. The SMILES string of the molecule is CC(C)CNC(=S)Nc1noc2cccc(N(C)C)c12. The summed E-state index contributed by atoms with van der Waals surface area (Å²) in [6, 6.07) is 5.86. The Morgan fingerprint density at radius 3 is 2.80 bits per heavy atom. The van der Waals surface area contributed by atoms with Crippen molar-refractivity contribution in [2.24, 2.45) is 5.92 Å². The molecule has 1 heterocycles. The van der Waals surface area contributed by atoms with Gasteiger partial charge >= 0.3 is 0 Å². The van der Waals surface area contributed by atoms with Crippen LogP contribution in [0.25, 0.3) is 11.0 Å². The van der Waals surface area contributed by atoms with E-state index >= 15 is 0 Å². The molecule has 0 saturated carbocycles. The largest absolute Gasteiger partial charge is 0.377 e. The number of anilines is 2. The third-order valence-electron chi connectivity index (χ3n) is 2.86. The summed E-state index contributed by atoms with van der Waals surface area (Å²) in [5.41, 5.74) is 1.78. The number of hydrogen-bond acceptors (Lipinski definition) is 4. The van der Waals surface area contributed by atoms with E-state index in [9.17, 15) is 0 Å². The van der Waals surface area contributed by atoms with Crippen LogP contribution in [0.5, 0.6) is 0 Å². The monoisotopic (exact) mass is 292 g/mol. The molecule has 0 radical (unpaired) electrons. The van der Waals surface area contributed by atoms with E-state index in [2.05, 4.69) is 29.6 Å². The maximum absolute atomic E-state index is 5.34. The van der Waals surface area contributed by atoms with Gasteiger partial charge in [-0.15, -0.1) is 0 Å². The van der Waals surface area contributed by atoms with Crippen LogP contribution in [0.1, 0.15) is 13.8 Å². The average Bonchev–Trinajstić information content (AvgIpc) is 2.79. The van der Waals surface area contributed by atoms with Crippen molar-refractivity contribution in [3.63, 3.8) is 0 Å². The molecule has 2 aromatic rings. The molecule has 0 aliphatic heterocycles. The quantitative estimate of drug-likeness (QED) is 0.845. The summed E-state index contributed by atoms with van der Waals surface area (Å²) in [7, 11) is 3.97. The standard InChI is InChI=1S/C14H20N4OS/c1-9(2)8-15-14(20)16-13-12-10(18(3)4)6-5-7-11(12)19-17-13/h5-7,9H,8H2,1-4H3,(H2,15,16,17,20). The molecule has 0 saturated heterocycles. The number of nitrogens with zero attached hydrogens (tertiary/aromatic N) is 2. The number of benzene rings is 1. The van der Waals surface area contributed by atoms with Crippen molar-refractivity contribution in [1.82, 2.24) is 10.5 Å². The zero-order valence-corrected chi connectivity index (χ0v) is 13.0. The first-order valence-electron chi connectivity index (χ1n) is 6.59. The van der Waals surface area contributed by atoms with Crippen molar-refractivity contribution in [2.75, 3.05) is 30.9 Å². The minimum absolute atomic E-state index is 0.529. The Bertz CT molecular complexity index is 606. The average molecular weight is 292 g/mol. The normalized spacial score (nSPS) is 10.8. The van der Waals surface area contributed by atoms with E-state index < -0.39 is 0 Å². The van der Waals surface area contributed by atoms with Crippen molar-refractivity contribution < 1.29 is 4.52 Å². The van der Waals surface area contributed by atoms with Crippen LogP contribution < -0.4 is 15.5 Å². The molecule has 6 heteroatoms.